The van der Waals surface area contributed by atoms with E-state index in [-0.39, 0.29) is 11.8 Å². The third kappa shape index (κ3) is 5.87. The van der Waals surface area contributed by atoms with E-state index in [1.54, 1.807) is 46.9 Å². The Labute approximate surface area is 185 Å². The Bertz CT molecular complexity index is 994. The van der Waals surface area contributed by atoms with E-state index in [0.717, 1.165) is 17.0 Å². The van der Waals surface area contributed by atoms with Crippen LogP contribution in [0.25, 0.3) is 5.69 Å². The Hall–Kier alpha value is -2.77. The lowest BCUT2D eigenvalue weighted by Crippen LogP contribution is -2.46. The summed E-state index contributed by atoms with van der Waals surface area (Å²) in [5, 5.41) is 10.4. The van der Waals surface area contributed by atoms with Gasteiger partial charge in [-0.05, 0) is 42.7 Å². The van der Waals surface area contributed by atoms with Crippen LogP contribution in [0.5, 0.6) is 0 Å². The van der Waals surface area contributed by atoms with Crippen LogP contribution >= 0.6 is 23.4 Å². The fourth-order valence-electron chi connectivity index (χ4n) is 2.87. The number of benzene rings is 2. The summed E-state index contributed by atoms with van der Waals surface area (Å²) in [6.07, 6.45) is 6.07. The van der Waals surface area contributed by atoms with Crippen molar-refractivity contribution in [2.75, 3.05) is 12.0 Å². The molecule has 0 saturated heterocycles. The topological polar surface area (TPSA) is 76.0 Å². The summed E-state index contributed by atoms with van der Waals surface area (Å²) in [5.41, 5.74) is 2.17. The van der Waals surface area contributed by atoms with Gasteiger partial charge in [-0.2, -0.15) is 16.9 Å². The molecule has 0 aliphatic rings. The number of nitrogens with one attached hydrogen (secondary N) is 2. The van der Waals surface area contributed by atoms with Crippen LogP contribution in [-0.2, 0) is 11.3 Å². The fourth-order valence-corrected chi connectivity index (χ4v) is 3.56. The zero-order valence-electron chi connectivity index (χ0n) is 16.5. The molecule has 8 heteroatoms. The molecular weight excluding hydrogens is 420 g/mol. The van der Waals surface area contributed by atoms with Crippen molar-refractivity contribution >= 4 is 35.2 Å². The van der Waals surface area contributed by atoms with Gasteiger partial charge >= 0.3 is 0 Å². The van der Waals surface area contributed by atoms with Crippen LogP contribution in [0.4, 0.5) is 0 Å². The molecule has 0 bridgehead atoms. The van der Waals surface area contributed by atoms with Gasteiger partial charge in [0, 0.05) is 18.3 Å². The summed E-state index contributed by atoms with van der Waals surface area (Å²) >= 11 is 7.72. The number of hydrogen-bond acceptors (Lipinski definition) is 4. The van der Waals surface area contributed by atoms with Crippen molar-refractivity contribution in [2.24, 2.45) is 0 Å². The molecule has 156 valence electrons. The van der Waals surface area contributed by atoms with E-state index in [9.17, 15) is 9.59 Å². The highest BCUT2D eigenvalue weighted by atomic mass is 35.5. The molecule has 2 aromatic carbocycles. The van der Waals surface area contributed by atoms with Gasteiger partial charge in [0.1, 0.15) is 6.04 Å². The zero-order chi connectivity index (χ0) is 21.3. The molecule has 2 amide bonds. The summed E-state index contributed by atoms with van der Waals surface area (Å²) in [5.74, 6) is 0.142. The first kappa shape index (κ1) is 21.9. The van der Waals surface area contributed by atoms with E-state index in [4.69, 9.17) is 11.6 Å². The maximum Gasteiger partial charge on any atom is 0.253 e. The number of hydrogen-bond donors (Lipinski definition) is 2. The molecule has 1 aromatic heterocycles. The van der Waals surface area contributed by atoms with Gasteiger partial charge < -0.3 is 10.6 Å². The third-order valence-corrected chi connectivity index (χ3v) is 5.45. The number of carbonyl (C=O) groups is 2. The average Bonchev–Trinajstić information content (AvgIpc) is 3.25. The molecule has 0 radical (unpaired) electrons. The van der Waals surface area contributed by atoms with E-state index < -0.39 is 6.04 Å². The number of nitrogens with zero attached hydrogens (tertiary/aromatic N) is 2. The van der Waals surface area contributed by atoms with Crippen LogP contribution in [0.2, 0.25) is 5.02 Å². The van der Waals surface area contributed by atoms with E-state index in [1.165, 1.54) is 0 Å². The minimum absolute atomic E-state index is 0.239. The molecule has 0 aliphatic carbocycles. The smallest absolute Gasteiger partial charge is 0.253 e. The minimum Gasteiger partial charge on any atom is -0.350 e. The Morgan fingerprint density at radius 1 is 1.13 bits per heavy atom. The normalized spacial score (nSPS) is 11.7. The first-order valence-electron chi connectivity index (χ1n) is 9.49. The SMILES string of the molecule is CSCCC(NC(=O)c1ccccc1Cl)C(=O)NCc1cnn(-c2ccccc2)c1. The summed E-state index contributed by atoms with van der Waals surface area (Å²) < 4.78 is 1.76. The third-order valence-electron chi connectivity index (χ3n) is 4.47. The van der Waals surface area contributed by atoms with Crippen LogP contribution < -0.4 is 10.6 Å². The first-order valence-corrected chi connectivity index (χ1v) is 11.3. The van der Waals surface area contributed by atoms with Gasteiger partial charge in [0.05, 0.1) is 22.5 Å². The van der Waals surface area contributed by atoms with Gasteiger partial charge in [0.15, 0.2) is 0 Å². The van der Waals surface area contributed by atoms with E-state index in [2.05, 4.69) is 15.7 Å². The lowest BCUT2D eigenvalue weighted by atomic mass is 10.1. The van der Waals surface area contributed by atoms with Gasteiger partial charge in [0.25, 0.3) is 5.91 Å². The van der Waals surface area contributed by atoms with Crippen molar-refractivity contribution in [3.8, 4) is 5.69 Å². The second kappa shape index (κ2) is 10.8. The second-order valence-corrected chi connectivity index (χ2v) is 8.03. The quantitative estimate of drug-likeness (QED) is 0.530. The lowest BCUT2D eigenvalue weighted by Gasteiger charge is -2.18. The second-order valence-electron chi connectivity index (χ2n) is 6.63. The first-order chi connectivity index (χ1) is 14.6. The Morgan fingerprint density at radius 2 is 1.87 bits per heavy atom. The van der Waals surface area contributed by atoms with Crippen LogP contribution in [0.15, 0.2) is 67.0 Å². The zero-order valence-corrected chi connectivity index (χ0v) is 18.1. The van der Waals surface area contributed by atoms with Crippen molar-refractivity contribution in [1.29, 1.82) is 0 Å². The van der Waals surface area contributed by atoms with Gasteiger partial charge in [-0.1, -0.05) is 41.9 Å². The predicted molar refractivity (Wildman–Crippen MR) is 121 cm³/mol. The monoisotopic (exact) mass is 442 g/mol. The molecule has 0 fully saturated rings. The highest BCUT2D eigenvalue weighted by molar-refractivity contribution is 7.98. The van der Waals surface area contributed by atoms with Gasteiger partial charge in [-0.3, -0.25) is 9.59 Å². The van der Waals surface area contributed by atoms with Crippen molar-refractivity contribution in [1.82, 2.24) is 20.4 Å². The summed E-state index contributed by atoms with van der Waals surface area (Å²) in [7, 11) is 0. The highest BCUT2D eigenvalue weighted by Crippen LogP contribution is 2.15. The number of aromatic nitrogens is 2. The number of para-hydroxylation sites is 1. The number of thioether (sulfide) groups is 1. The van der Waals surface area contributed by atoms with Gasteiger partial charge in [0.2, 0.25) is 5.91 Å². The fraction of sp³-hybridized carbons (Fsp3) is 0.227. The van der Waals surface area contributed by atoms with Crippen molar-refractivity contribution < 1.29 is 9.59 Å². The Balaban J connectivity index is 1.62. The molecule has 3 aromatic rings. The maximum atomic E-state index is 12.8. The molecule has 3 rings (SSSR count). The summed E-state index contributed by atoms with van der Waals surface area (Å²) in [6.45, 7) is 0.323. The van der Waals surface area contributed by atoms with Gasteiger partial charge in [-0.25, -0.2) is 4.68 Å². The largest absolute Gasteiger partial charge is 0.350 e. The minimum atomic E-state index is -0.648. The summed E-state index contributed by atoms with van der Waals surface area (Å²) in [4.78, 5) is 25.3. The molecule has 0 saturated carbocycles. The molecular formula is C22H23ClN4O2S. The van der Waals surface area contributed by atoms with Gasteiger partial charge in [-0.15, -0.1) is 0 Å². The van der Waals surface area contributed by atoms with E-state index in [1.807, 2.05) is 42.8 Å². The predicted octanol–water partition coefficient (Wildman–Crippen LogP) is 3.69. The van der Waals surface area contributed by atoms with Crippen molar-refractivity contribution in [3.05, 3.63) is 83.1 Å². The van der Waals surface area contributed by atoms with E-state index in [0.29, 0.717) is 23.6 Å². The molecule has 30 heavy (non-hydrogen) atoms. The molecule has 2 N–H and O–H groups in total. The molecule has 1 unspecified atom stereocenters. The number of carbonyl (C=O) groups excluding carboxylic acids is 2. The summed E-state index contributed by atoms with van der Waals surface area (Å²) in [6, 6.07) is 15.9. The number of halogens is 1. The highest BCUT2D eigenvalue weighted by Gasteiger charge is 2.22. The molecule has 6 nitrogen and oxygen atoms in total. The van der Waals surface area contributed by atoms with Crippen LogP contribution in [0.1, 0.15) is 22.3 Å². The van der Waals surface area contributed by atoms with E-state index >= 15 is 0 Å². The maximum absolute atomic E-state index is 12.8. The standard InChI is InChI=1S/C22H23ClN4O2S/c1-30-12-11-20(26-21(28)18-9-5-6-10-19(18)23)22(29)24-13-16-14-25-27(15-16)17-7-3-2-4-8-17/h2-10,14-15,20H,11-13H2,1H3,(H,24,29)(H,26,28). The van der Waals surface area contributed by atoms with Crippen LogP contribution in [-0.4, -0.2) is 39.6 Å². The van der Waals surface area contributed by atoms with Crippen molar-refractivity contribution in [2.45, 2.75) is 19.0 Å². The average molecular weight is 443 g/mol. The molecule has 0 aliphatic heterocycles. The van der Waals surface area contributed by atoms with Crippen LogP contribution in [0, 0.1) is 0 Å². The number of rotatable bonds is 9. The molecule has 1 atom stereocenters. The molecule has 0 spiro atoms. The lowest BCUT2D eigenvalue weighted by molar-refractivity contribution is -0.123. The van der Waals surface area contributed by atoms with Crippen molar-refractivity contribution in [3.63, 3.8) is 0 Å². The Morgan fingerprint density at radius 3 is 2.60 bits per heavy atom. The molecule has 1 heterocycles. The van der Waals surface area contributed by atoms with Crippen LogP contribution in [0.3, 0.4) is 0 Å². The Kier molecular flexibility index (Phi) is 7.93. The number of amides is 2.